The number of aliphatic imine (C=N–C) groups is 1. The van der Waals surface area contributed by atoms with Gasteiger partial charge in [0.1, 0.15) is 5.75 Å². The molecule has 0 saturated heterocycles. The minimum absolute atomic E-state index is 0.264. The van der Waals surface area contributed by atoms with Crippen molar-refractivity contribution in [3.8, 4) is 5.75 Å². The number of carbonyl (C=O) groups excluding carboxylic acids is 1. The largest absolute Gasteiger partial charge is 0.497 e. The molecule has 1 unspecified atom stereocenters. The number of rotatable bonds is 4. The van der Waals surface area contributed by atoms with Crippen LogP contribution in [-0.4, -0.2) is 25.4 Å². The van der Waals surface area contributed by atoms with Crippen LogP contribution in [0.3, 0.4) is 0 Å². The van der Waals surface area contributed by atoms with Crippen LogP contribution < -0.4 is 4.74 Å². The van der Waals surface area contributed by atoms with Gasteiger partial charge in [-0.25, -0.2) is 4.99 Å². The minimum Gasteiger partial charge on any atom is -0.497 e. The molecule has 0 bridgehead atoms. The smallest absolute Gasteiger partial charge is 0.473 e. The highest BCUT2D eigenvalue weighted by Gasteiger charge is 2.38. The molecule has 0 heterocycles. The molecular formula is C13H14F3NO2. The molecule has 1 amide bonds. The van der Waals surface area contributed by atoms with E-state index in [0.29, 0.717) is 12.2 Å². The first kappa shape index (κ1) is 15.2. The Hall–Kier alpha value is -1.85. The second-order valence-electron chi connectivity index (χ2n) is 4.11. The van der Waals surface area contributed by atoms with Crippen LogP contribution >= 0.6 is 0 Å². The highest BCUT2D eigenvalue weighted by atomic mass is 19.4. The molecule has 0 aliphatic rings. The van der Waals surface area contributed by atoms with Crippen molar-refractivity contribution in [2.75, 3.05) is 7.11 Å². The van der Waals surface area contributed by atoms with Crippen molar-refractivity contribution < 1.29 is 22.7 Å². The molecular weight excluding hydrogens is 259 g/mol. The predicted molar refractivity (Wildman–Crippen MR) is 65.4 cm³/mol. The number of ether oxygens (including phenoxy) is 1. The molecule has 19 heavy (non-hydrogen) atoms. The summed E-state index contributed by atoms with van der Waals surface area (Å²) in [5.41, 5.74) is 0.930. The second kappa shape index (κ2) is 6.36. The first-order valence-electron chi connectivity index (χ1n) is 5.61. The van der Waals surface area contributed by atoms with Crippen molar-refractivity contribution in [2.45, 2.75) is 19.5 Å². The Balaban J connectivity index is 2.57. The topological polar surface area (TPSA) is 38.7 Å². The van der Waals surface area contributed by atoms with Crippen molar-refractivity contribution in [3.63, 3.8) is 0 Å². The number of alkyl halides is 3. The maximum Gasteiger partial charge on any atom is 0.473 e. The summed E-state index contributed by atoms with van der Waals surface area (Å²) in [6.07, 6.45) is -3.38. The Bertz CT molecular complexity index is 452. The van der Waals surface area contributed by atoms with E-state index in [1.165, 1.54) is 0 Å². The van der Waals surface area contributed by atoms with Crippen molar-refractivity contribution in [2.24, 2.45) is 10.9 Å². The van der Waals surface area contributed by atoms with Crippen LogP contribution in [0.4, 0.5) is 13.2 Å². The Morgan fingerprint density at radius 3 is 2.42 bits per heavy atom. The number of hydrogen-bond acceptors (Lipinski definition) is 2. The number of carbonyl (C=O) groups is 1. The highest BCUT2D eigenvalue weighted by Crippen LogP contribution is 2.17. The first-order valence-corrected chi connectivity index (χ1v) is 5.61. The third-order valence-corrected chi connectivity index (χ3v) is 2.41. The zero-order valence-corrected chi connectivity index (χ0v) is 10.6. The molecule has 3 nitrogen and oxygen atoms in total. The number of nitrogens with zero attached hydrogens (tertiary/aromatic N) is 1. The number of benzene rings is 1. The van der Waals surface area contributed by atoms with Crippen LogP contribution in [0.25, 0.3) is 0 Å². The second-order valence-corrected chi connectivity index (χ2v) is 4.11. The van der Waals surface area contributed by atoms with Gasteiger partial charge >= 0.3 is 12.1 Å². The lowest BCUT2D eigenvalue weighted by Gasteiger charge is -2.07. The SMILES string of the molecule is COc1ccc(CC(C)C=NC(=O)C(F)(F)F)cc1. The van der Waals surface area contributed by atoms with Crippen molar-refractivity contribution in [3.05, 3.63) is 29.8 Å². The van der Waals surface area contributed by atoms with E-state index in [-0.39, 0.29) is 5.92 Å². The molecule has 1 rings (SSSR count). The minimum atomic E-state index is -4.91. The van der Waals surface area contributed by atoms with Crippen molar-refractivity contribution in [1.82, 2.24) is 0 Å². The fraction of sp³-hybridized carbons (Fsp3) is 0.385. The lowest BCUT2D eigenvalue weighted by Crippen LogP contribution is -2.21. The first-order chi connectivity index (χ1) is 8.82. The molecule has 0 aromatic heterocycles. The number of halogens is 3. The molecule has 0 aliphatic carbocycles. The van der Waals surface area contributed by atoms with Crippen LogP contribution in [-0.2, 0) is 11.2 Å². The fourth-order valence-corrected chi connectivity index (χ4v) is 1.45. The summed E-state index contributed by atoms with van der Waals surface area (Å²) in [5.74, 6) is -1.63. The summed E-state index contributed by atoms with van der Waals surface area (Å²) in [4.78, 5) is 13.5. The third-order valence-electron chi connectivity index (χ3n) is 2.41. The molecule has 0 N–H and O–H groups in total. The van der Waals surface area contributed by atoms with Gasteiger partial charge in [-0.3, -0.25) is 4.79 Å². The van der Waals surface area contributed by atoms with E-state index in [2.05, 4.69) is 4.99 Å². The van der Waals surface area contributed by atoms with E-state index in [0.717, 1.165) is 11.8 Å². The Kier molecular flexibility index (Phi) is 5.09. The Morgan fingerprint density at radius 2 is 1.95 bits per heavy atom. The van der Waals surface area contributed by atoms with Crippen LogP contribution in [0.15, 0.2) is 29.3 Å². The molecule has 104 valence electrons. The van der Waals surface area contributed by atoms with Gasteiger partial charge in [-0.2, -0.15) is 13.2 Å². The van der Waals surface area contributed by atoms with Gasteiger partial charge in [0.15, 0.2) is 0 Å². The molecule has 1 aromatic carbocycles. The number of hydrogen-bond donors (Lipinski definition) is 0. The number of methoxy groups -OCH3 is 1. The lowest BCUT2D eigenvalue weighted by atomic mass is 10.0. The van der Waals surface area contributed by atoms with E-state index < -0.39 is 12.1 Å². The van der Waals surface area contributed by atoms with Crippen LogP contribution in [0.5, 0.6) is 5.75 Å². The van der Waals surface area contributed by atoms with Gasteiger partial charge in [0.25, 0.3) is 0 Å². The van der Waals surface area contributed by atoms with Gasteiger partial charge in [-0.05, 0) is 30.0 Å². The van der Waals surface area contributed by atoms with Crippen LogP contribution in [0, 0.1) is 5.92 Å². The monoisotopic (exact) mass is 273 g/mol. The molecule has 1 atom stereocenters. The third kappa shape index (κ3) is 5.11. The summed E-state index contributed by atoms with van der Waals surface area (Å²) < 4.78 is 40.8. The molecule has 0 saturated carbocycles. The molecule has 0 aliphatic heterocycles. The Labute approximate surface area is 109 Å². The summed E-state index contributed by atoms with van der Waals surface area (Å²) in [7, 11) is 1.55. The Morgan fingerprint density at radius 1 is 1.37 bits per heavy atom. The normalized spacial score (nSPS) is 13.5. The maximum absolute atomic E-state index is 11.9. The summed E-state index contributed by atoms with van der Waals surface area (Å²) in [6.45, 7) is 1.69. The van der Waals surface area contributed by atoms with Crippen molar-refractivity contribution in [1.29, 1.82) is 0 Å². The van der Waals surface area contributed by atoms with Crippen LogP contribution in [0.2, 0.25) is 0 Å². The molecule has 0 radical (unpaired) electrons. The summed E-state index contributed by atoms with van der Waals surface area (Å²) >= 11 is 0. The fourth-order valence-electron chi connectivity index (χ4n) is 1.45. The lowest BCUT2D eigenvalue weighted by molar-refractivity contribution is -0.169. The van der Waals surface area contributed by atoms with Gasteiger partial charge in [-0.1, -0.05) is 19.1 Å². The van der Waals surface area contributed by atoms with E-state index in [4.69, 9.17) is 4.74 Å². The van der Waals surface area contributed by atoms with Gasteiger partial charge in [0.05, 0.1) is 7.11 Å². The predicted octanol–water partition coefficient (Wildman–Crippen LogP) is 3.03. The zero-order valence-electron chi connectivity index (χ0n) is 10.6. The van der Waals surface area contributed by atoms with Crippen LogP contribution in [0.1, 0.15) is 12.5 Å². The molecule has 0 fully saturated rings. The zero-order chi connectivity index (χ0) is 14.5. The average Bonchev–Trinajstić information content (AvgIpc) is 2.35. The maximum atomic E-state index is 11.9. The van der Waals surface area contributed by atoms with Gasteiger partial charge in [0.2, 0.25) is 0 Å². The number of amides is 1. The van der Waals surface area contributed by atoms with E-state index in [1.54, 1.807) is 26.2 Å². The quantitative estimate of drug-likeness (QED) is 0.791. The summed E-state index contributed by atoms with van der Waals surface area (Å²) in [5, 5.41) is 0. The summed E-state index contributed by atoms with van der Waals surface area (Å²) in [6, 6.07) is 7.16. The van der Waals surface area contributed by atoms with Gasteiger partial charge in [-0.15, -0.1) is 0 Å². The van der Waals surface area contributed by atoms with E-state index in [9.17, 15) is 18.0 Å². The van der Waals surface area contributed by atoms with Gasteiger partial charge < -0.3 is 4.74 Å². The van der Waals surface area contributed by atoms with E-state index in [1.807, 2.05) is 12.1 Å². The van der Waals surface area contributed by atoms with Crippen molar-refractivity contribution >= 4 is 12.1 Å². The molecule has 0 spiro atoms. The molecule has 1 aromatic rings. The highest BCUT2D eigenvalue weighted by molar-refractivity contribution is 5.89. The van der Waals surface area contributed by atoms with Gasteiger partial charge in [0, 0.05) is 6.21 Å². The average molecular weight is 273 g/mol. The standard InChI is InChI=1S/C13H14F3NO2/c1-9(8-17-12(18)13(14,15)16)7-10-3-5-11(19-2)6-4-10/h3-6,8-9H,7H2,1-2H3. The molecule has 6 heteroatoms. The van der Waals surface area contributed by atoms with E-state index >= 15 is 0 Å².